The van der Waals surface area contributed by atoms with E-state index in [0.29, 0.717) is 11.4 Å². The quantitative estimate of drug-likeness (QED) is 0.883. The molecule has 0 spiro atoms. The Hall–Kier alpha value is -3.00. The highest BCUT2D eigenvalue weighted by Gasteiger charge is 2.19. The van der Waals surface area contributed by atoms with Gasteiger partial charge in [0.2, 0.25) is 5.91 Å². The van der Waals surface area contributed by atoms with Gasteiger partial charge < -0.3 is 15.2 Å². The Morgan fingerprint density at radius 1 is 1.25 bits per heavy atom. The van der Waals surface area contributed by atoms with E-state index >= 15 is 0 Å². The van der Waals surface area contributed by atoms with Gasteiger partial charge in [0, 0.05) is 5.69 Å². The molecule has 5 nitrogen and oxygen atoms in total. The van der Waals surface area contributed by atoms with E-state index in [1.54, 1.807) is 12.1 Å². The first-order chi connectivity index (χ1) is 11.4. The zero-order valence-electron chi connectivity index (χ0n) is 14.0. The summed E-state index contributed by atoms with van der Waals surface area (Å²) in [6.07, 6.45) is 0.240. The van der Waals surface area contributed by atoms with Crippen LogP contribution in [-0.2, 0) is 11.2 Å². The number of aryl methyl sites for hydroxylation is 2. The molecule has 124 valence electrons. The molecule has 0 heterocycles. The SMILES string of the molecule is COc1cc(C[C@@H](C#N)C(=O)Nc2ccc(C)c(C)c2)ccc1O. The van der Waals surface area contributed by atoms with Crippen molar-refractivity contribution in [3.8, 4) is 17.6 Å². The van der Waals surface area contributed by atoms with Gasteiger partial charge in [0.1, 0.15) is 5.92 Å². The topological polar surface area (TPSA) is 82.3 Å². The van der Waals surface area contributed by atoms with Gasteiger partial charge in [-0.15, -0.1) is 0 Å². The fraction of sp³-hybridized carbons (Fsp3) is 0.263. The van der Waals surface area contributed by atoms with E-state index in [4.69, 9.17) is 4.74 Å². The average molecular weight is 324 g/mol. The molecule has 1 atom stereocenters. The number of anilines is 1. The first kappa shape index (κ1) is 17.4. The summed E-state index contributed by atoms with van der Waals surface area (Å²) >= 11 is 0. The summed E-state index contributed by atoms with van der Waals surface area (Å²) in [6.45, 7) is 3.96. The van der Waals surface area contributed by atoms with Crippen LogP contribution in [0.5, 0.6) is 11.5 Å². The van der Waals surface area contributed by atoms with Crippen molar-refractivity contribution in [2.75, 3.05) is 12.4 Å². The summed E-state index contributed by atoms with van der Waals surface area (Å²) in [6, 6.07) is 12.4. The predicted octanol–water partition coefficient (Wildman–Crippen LogP) is 3.34. The lowest BCUT2D eigenvalue weighted by atomic mass is 9.99. The van der Waals surface area contributed by atoms with E-state index in [2.05, 4.69) is 5.32 Å². The Bertz CT molecular complexity index is 794. The maximum atomic E-state index is 12.4. The van der Waals surface area contributed by atoms with Crippen LogP contribution < -0.4 is 10.1 Å². The molecule has 0 saturated heterocycles. The molecule has 0 radical (unpaired) electrons. The number of hydrogen-bond acceptors (Lipinski definition) is 4. The van der Waals surface area contributed by atoms with E-state index in [1.165, 1.54) is 13.2 Å². The maximum absolute atomic E-state index is 12.4. The zero-order valence-corrected chi connectivity index (χ0v) is 14.0. The molecule has 24 heavy (non-hydrogen) atoms. The summed E-state index contributed by atoms with van der Waals surface area (Å²) < 4.78 is 5.05. The molecule has 0 fully saturated rings. The molecule has 0 unspecified atom stereocenters. The standard InChI is InChI=1S/C19H20N2O3/c1-12-4-6-16(8-13(12)2)21-19(23)15(11-20)9-14-5-7-17(22)18(10-14)24-3/h4-8,10,15,22H,9H2,1-3H3,(H,21,23)/t15-/m0/s1. The van der Waals surface area contributed by atoms with E-state index in [1.807, 2.05) is 38.1 Å². The van der Waals surface area contributed by atoms with Crippen molar-refractivity contribution in [3.05, 3.63) is 53.1 Å². The van der Waals surface area contributed by atoms with E-state index < -0.39 is 5.92 Å². The largest absolute Gasteiger partial charge is 0.504 e. The van der Waals surface area contributed by atoms with Crippen LogP contribution >= 0.6 is 0 Å². The highest BCUT2D eigenvalue weighted by Crippen LogP contribution is 2.27. The number of benzene rings is 2. The van der Waals surface area contributed by atoms with Crippen molar-refractivity contribution in [3.63, 3.8) is 0 Å². The summed E-state index contributed by atoms with van der Waals surface area (Å²) in [5, 5.41) is 21.7. The summed E-state index contributed by atoms with van der Waals surface area (Å²) in [5.74, 6) is -0.846. The molecule has 0 aromatic heterocycles. The van der Waals surface area contributed by atoms with Crippen molar-refractivity contribution in [1.29, 1.82) is 5.26 Å². The number of ether oxygens (including phenoxy) is 1. The highest BCUT2D eigenvalue weighted by atomic mass is 16.5. The van der Waals surface area contributed by atoms with Gasteiger partial charge in [-0.05, 0) is 61.2 Å². The number of nitrogens with one attached hydrogen (secondary N) is 1. The monoisotopic (exact) mass is 324 g/mol. The molecule has 0 aliphatic carbocycles. The zero-order chi connectivity index (χ0) is 17.7. The first-order valence-electron chi connectivity index (χ1n) is 7.58. The Morgan fingerprint density at radius 3 is 2.62 bits per heavy atom. The second-order valence-corrected chi connectivity index (χ2v) is 5.68. The van der Waals surface area contributed by atoms with Gasteiger partial charge in [-0.1, -0.05) is 12.1 Å². The number of nitriles is 1. The van der Waals surface area contributed by atoms with Gasteiger partial charge in [-0.3, -0.25) is 4.79 Å². The minimum atomic E-state index is -0.833. The second kappa shape index (κ2) is 7.51. The van der Waals surface area contributed by atoms with Crippen molar-refractivity contribution < 1.29 is 14.6 Å². The molecule has 2 aromatic carbocycles. The third-order valence-electron chi connectivity index (χ3n) is 3.93. The van der Waals surface area contributed by atoms with Crippen LogP contribution in [0.3, 0.4) is 0 Å². The van der Waals surface area contributed by atoms with Crippen LogP contribution in [0.4, 0.5) is 5.69 Å². The number of hydrogen-bond donors (Lipinski definition) is 2. The molecule has 0 aliphatic rings. The molecular formula is C19H20N2O3. The lowest BCUT2D eigenvalue weighted by Crippen LogP contribution is -2.23. The smallest absolute Gasteiger partial charge is 0.242 e. The van der Waals surface area contributed by atoms with Gasteiger partial charge in [0.15, 0.2) is 11.5 Å². The summed E-state index contributed by atoms with van der Waals surface area (Å²) in [7, 11) is 1.45. The number of phenolic OH excluding ortho intramolecular Hbond substituents is 1. The number of rotatable bonds is 5. The normalized spacial score (nSPS) is 11.4. The number of methoxy groups -OCH3 is 1. The first-order valence-corrected chi connectivity index (χ1v) is 7.58. The van der Waals surface area contributed by atoms with E-state index in [-0.39, 0.29) is 18.1 Å². The van der Waals surface area contributed by atoms with Crippen LogP contribution in [0.2, 0.25) is 0 Å². The molecule has 2 N–H and O–H groups in total. The maximum Gasteiger partial charge on any atom is 0.242 e. The van der Waals surface area contributed by atoms with Crippen molar-refractivity contribution in [1.82, 2.24) is 0 Å². The van der Waals surface area contributed by atoms with E-state index in [0.717, 1.165) is 16.7 Å². The Kier molecular flexibility index (Phi) is 5.43. The number of carbonyl (C=O) groups is 1. The lowest BCUT2D eigenvalue weighted by molar-refractivity contribution is -0.118. The molecule has 2 rings (SSSR count). The second-order valence-electron chi connectivity index (χ2n) is 5.68. The van der Waals surface area contributed by atoms with Gasteiger partial charge in [0.25, 0.3) is 0 Å². The van der Waals surface area contributed by atoms with Crippen molar-refractivity contribution in [2.45, 2.75) is 20.3 Å². The number of amides is 1. The van der Waals surface area contributed by atoms with Crippen molar-refractivity contribution in [2.24, 2.45) is 5.92 Å². The highest BCUT2D eigenvalue weighted by molar-refractivity contribution is 5.94. The third kappa shape index (κ3) is 4.05. The Morgan fingerprint density at radius 2 is 2.00 bits per heavy atom. The van der Waals surface area contributed by atoms with Gasteiger partial charge in [-0.2, -0.15) is 5.26 Å². The number of nitrogens with zero attached hydrogens (tertiary/aromatic N) is 1. The van der Waals surface area contributed by atoms with Crippen LogP contribution in [0.25, 0.3) is 0 Å². The Labute approximate surface area is 141 Å². The Balaban J connectivity index is 2.11. The lowest BCUT2D eigenvalue weighted by Gasteiger charge is -2.12. The molecule has 0 aliphatic heterocycles. The number of phenols is 1. The van der Waals surface area contributed by atoms with Crippen LogP contribution in [0.1, 0.15) is 16.7 Å². The molecule has 5 heteroatoms. The van der Waals surface area contributed by atoms with Crippen molar-refractivity contribution >= 4 is 11.6 Å². The van der Waals surface area contributed by atoms with E-state index in [9.17, 15) is 15.2 Å². The van der Waals surface area contributed by atoms with Gasteiger partial charge in [-0.25, -0.2) is 0 Å². The summed E-state index contributed by atoms with van der Waals surface area (Å²) in [4.78, 5) is 12.4. The van der Waals surface area contributed by atoms with Crippen LogP contribution in [0, 0.1) is 31.1 Å². The minimum absolute atomic E-state index is 0.0225. The minimum Gasteiger partial charge on any atom is -0.504 e. The fourth-order valence-corrected chi connectivity index (χ4v) is 2.33. The van der Waals surface area contributed by atoms with Gasteiger partial charge in [0.05, 0.1) is 13.2 Å². The van der Waals surface area contributed by atoms with Gasteiger partial charge >= 0.3 is 0 Å². The fourth-order valence-electron chi connectivity index (χ4n) is 2.33. The number of carbonyl (C=O) groups excluding carboxylic acids is 1. The average Bonchev–Trinajstić information content (AvgIpc) is 2.57. The molecule has 0 bridgehead atoms. The third-order valence-corrected chi connectivity index (χ3v) is 3.93. The number of aromatic hydroxyl groups is 1. The molecule has 1 amide bonds. The molecular weight excluding hydrogens is 304 g/mol. The van der Waals surface area contributed by atoms with Crippen LogP contribution in [-0.4, -0.2) is 18.1 Å². The molecule has 0 saturated carbocycles. The van der Waals surface area contributed by atoms with Crippen LogP contribution in [0.15, 0.2) is 36.4 Å². The molecule has 2 aromatic rings. The summed E-state index contributed by atoms with van der Waals surface area (Å²) in [5.41, 5.74) is 3.63. The predicted molar refractivity (Wildman–Crippen MR) is 92.0 cm³/mol.